The number of halogens is 2. The molecule has 2 amide bonds. The molecule has 0 bridgehead atoms. The van der Waals surface area contributed by atoms with Crippen LogP contribution in [0.2, 0.25) is 10.0 Å². The molecular formula is C23H24Cl2N4O2. The molecule has 0 atom stereocenters. The first-order chi connectivity index (χ1) is 14.9. The number of amides is 2. The molecule has 2 aliphatic rings. The molecule has 8 heteroatoms. The van der Waals surface area contributed by atoms with Crippen LogP contribution in [0.1, 0.15) is 24.0 Å². The molecule has 6 nitrogen and oxygen atoms in total. The highest BCUT2D eigenvalue weighted by molar-refractivity contribution is 6.41. The maximum atomic E-state index is 13.5. The summed E-state index contributed by atoms with van der Waals surface area (Å²) >= 11 is 12.5. The minimum absolute atomic E-state index is 0.171. The van der Waals surface area contributed by atoms with E-state index in [1.165, 1.54) is 4.90 Å². The molecule has 0 aliphatic carbocycles. The fourth-order valence-electron chi connectivity index (χ4n) is 4.20. The van der Waals surface area contributed by atoms with Crippen LogP contribution in [0.25, 0.3) is 5.57 Å². The van der Waals surface area contributed by atoms with Crippen LogP contribution in [0.5, 0.6) is 0 Å². The number of likely N-dealkylation sites (N-methyl/N-ethyl adjacent to an activating group) is 1. The van der Waals surface area contributed by atoms with Crippen molar-refractivity contribution in [2.24, 2.45) is 0 Å². The number of imide groups is 1. The van der Waals surface area contributed by atoms with Gasteiger partial charge >= 0.3 is 0 Å². The third kappa shape index (κ3) is 4.33. The van der Waals surface area contributed by atoms with Crippen LogP contribution in [-0.2, 0) is 16.1 Å². The third-order valence-electron chi connectivity index (χ3n) is 6.02. The summed E-state index contributed by atoms with van der Waals surface area (Å²) in [6.07, 6.45) is 5.14. The van der Waals surface area contributed by atoms with Gasteiger partial charge in [0, 0.05) is 36.1 Å². The number of hydrogen-bond donors (Lipinski definition) is 0. The Labute approximate surface area is 192 Å². The first-order valence-electron chi connectivity index (χ1n) is 10.2. The Kier molecular flexibility index (Phi) is 6.32. The highest BCUT2D eigenvalue weighted by Crippen LogP contribution is 2.37. The maximum absolute atomic E-state index is 13.5. The zero-order valence-electron chi connectivity index (χ0n) is 17.5. The molecule has 4 rings (SSSR count). The molecule has 1 saturated heterocycles. The number of hydrogen-bond acceptors (Lipinski definition) is 5. The molecule has 162 valence electrons. The summed E-state index contributed by atoms with van der Waals surface area (Å²) in [5.74, 6) is -0.648. The van der Waals surface area contributed by atoms with Gasteiger partial charge in [-0.2, -0.15) is 0 Å². The van der Waals surface area contributed by atoms with E-state index in [9.17, 15) is 9.59 Å². The number of carbonyl (C=O) groups is 2. The summed E-state index contributed by atoms with van der Waals surface area (Å²) in [7, 11) is 3.99. The molecule has 2 aliphatic heterocycles. The van der Waals surface area contributed by atoms with E-state index in [0.29, 0.717) is 26.9 Å². The number of rotatable bonds is 5. The largest absolute Gasteiger partial charge is 0.366 e. The predicted molar refractivity (Wildman–Crippen MR) is 121 cm³/mol. The molecule has 3 heterocycles. The van der Waals surface area contributed by atoms with Crippen molar-refractivity contribution < 1.29 is 9.59 Å². The lowest BCUT2D eigenvalue weighted by atomic mass is 10.00. The fraction of sp³-hybridized carbons (Fsp3) is 0.348. The summed E-state index contributed by atoms with van der Waals surface area (Å²) in [4.78, 5) is 36.6. The summed E-state index contributed by atoms with van der Waals surface area (Å²) in [6.45, 7) is 2.07. The summed E-state index contributed by atoms with van der Waals surface area (Å²) in [6, 6.07) is 8.77. The minimum atomic E-state index is -0.346. The smallest absolute Gasteiger partial charge is 0.278 e. The number of benzene rings is 1. The van der Waals surface area contributed by atoms with Gasteiger partial charge in [-0.05, 0) is 62.8 Å². The second-order valence-corrected chi connectivity index (χ2v) is 8.89. The van der Waals surface area contributed by atoms with Crippen LogP contribution in [-0.4, -0.2) is 64.7 Å². The van der Waals surface area contributed by atoms with Gasteiger partial charge in [-0.25, -0.2) is 0 Å². The van der Waals surface area contributed by atoms with Crippen LogP contribution in [0, 0.1) is 0 Å². The second kappa shape index (κ2) is 8.99. The zero-order valence-corrected chi connectivity index (χ0v) is 19.0. The number of pyridine rings is 1. The molecule has 2 aromatic rings. The molecule has 1 fully saturated rings. The van der Waals surface area contributed by atoms with Gasteiger partial charge in [0.2, 0.25) is 0 Å². The summed E-state index contributed by atoms with van der Waals surface area (Å²) in [5, 5.41) is 0.827. The molecule has 31 heavy (non-hydrogen) atoms. The number of likely N-dealkylation sites (tertiary alicyclic amines) is 1. The summed E-state index contributed by atoms with van der Waals surface area (Å²) in [5.41, 5.74) is 2.10. The second-order valence-electron chi connectivity index (χ2n) is 8.05. The lowest BCUT2D eigenvalue weighted by molar-refractivity contribution is -0.138. The number of nitrogens with zero attached hydrogens (tertiary/aromatic N) is 4. The van der Waals surface area contributed by atoms with Crippen molar-refractivity contribution in [3.8, 4) is 0 Å². The van der Waals surface area contributed by atoms with Gasteiger partial charge in [-0.1, -0.05) is 29.3 Å². The maximum Gasteiger partial charge on any atom is 0.278 e. The average Bonchev–Trinajstić information content (AvgIpc) is 2.99. The quantitative estimate of drug-likeness (QED) is 0.639. The van der Waals surface area contributed by atoms with Gasteiger partial charge in [0.25, 0.3) is 11.8 Å². The van der Waals surface area contributed by atoms with Crippen molar-refractivity contribution in [3.05, 3.63) is 69.6 Å². The van der Waals surface area contributed by atoms with E-state index >= 15 is 0 Å². The van der Waals surface area contributed by atoms with E-state index in [-0.39, 0.29) is 24.4 Å². The topological polar surface area (TPSA) is 56.8 Å². The standard InChI is InChI=1S/C23H24Cl2N4O2/c1-27-11-7-17(8-12-27)28(2)21-20(18-4-3-16(24)13-19(18)25)22(30)29(23(21)31)14-15-5-9-26-10-6-15/h3-6,9-10,13,17H,7-8,11-12,14H2,1-2H3. The third-order valence-corrected chi connectivity index (χ3v) is 6.57. The SMILES string of the molecule is CN1CCC(N(C)C2=C(c3ccc(Cl)cc3Cl)C(=O)N(Cc3ccncc3)C2=O)CC1. The lowest BCUT2D eigenvalue weighted by Gasteiger charge is -2.36. The zero-order chi connectivity index (χ0) is 22.1. The number of piperidine rings is 1. The molecule has 0 N–H and O–H groups in total. The van der Waals surface area contributed by atoms with Gasteiger partial charge in [0.05, 0.1) is 17.1 Å². The van der Waals surface area contributed by atoms with Gasteiger partial charge in [-0.3, -0.25) is 19.5 Å². The minimum Gasteiger partial charge on any atom is -0.366 e. The Morgan fingerprint density at radius 3 is 2.39 bits per heavy atom. The predicted octanol–water partition coefficient (Wildman–Crippen LogP) is 3.69. The van der Waals surface area contributed by atoms with Crippen molar-refractivity contribution in [2.45, 2.75) is 25.4 Å². The van der Waals surface area contributed by atoms with Crippen molar-refractivity contribution in [1.82, 2.24) is 19.7 Å². The van der Waals surface area contributed by atoms with E-state index in [2.05, 4.69) is 16.9 Å². The molecule has 0 radical (unpaired) electrons. The van der Waals surface area contributed by atoms with Crippen LogP contribution in [0.3, 0.4) is 0 Å². The Morgan fingerprint density at radius 1 is 1.06 bits per heavy atom. The Hall–Kier alpha value is -2.41. The van der Waals surface area contributed by atoms with E-state index < -0.39 is 0 Å². The van der Waals surface area contributed by atoms with Gasteiger partial charge < -0.3 is 9.80 Å². The highest BCUT2D eigenvalue weighted by Gasteiger charge is 2.43. The van der Waals surface area contributed by atoms with Gasteiger partial charge in [0.15, 0.2) is 0 Å². The normalized spacial score (nSPS) is 18.3. The monoisotopic (exact) mass is 458 g/mol. The van der Waals surface area contributed by atoms with Crippen LogP contribution in [0.15, 0.2) is 48.4 Å². The Balaban J connectivity index is 1.75. The fourth-order valence-corrected chi connectivity index (χ4v) is 4.71. The molecular weight excluding hydrogens is 435 g/mol. The van der Waals surface area contributed by atoms with Crippen molar-refractivity contribution >= 4 is 40.6 Å². The van der Waals surface area contributed by atoms with Crippen LogP contribution < -0.4 is 0 Å². The lowest BCUT2D eigenvalue weighted by Crippen LogP contribution is -2.43. The van der Waals surface area contributed by atoms with Crippen molar-refractivity contribution in [2.75, 3.05) is 27.2 Å². The average molecular weight is 459 g/mol. The van der Waals surface area contributed by atoms with Crippen molar-refractivity contribution in [1.29, 1.82) is 0 Å². The Morgan fingerprint density at radius 2 is 1.74 bits per heavy atom. The van der Waals surface area contributed by atoms with Crippen LogP contribution >= 0.6 is 23.2 Å². The summed E-state index contributed by atoms with van der Waals surface area (Å²) < 4.78 is 0. The van der Waals surface area contributed by atoms with Crippen molar-refractivity contribution in [3.63, 3.8) is 0 Å². The molecule has 0 saturated carbocycles. The van der Waals surface area contributed by atoms with Gasteiger partial charge in [0.1, 0.15) is 5.70 Å². The first kappa shape index (κ1) is 21.8. The van der Waals surface area contributed by atoms with Gasteiger partial charge in [-0.15, -0.1) is 0 Å². The van der Waals surface area contributed by atoms with E-state index in [4.69, 9.17) is 23.2 Å². The number of aromatic nitrogens is 1. The highest BCUT2D eigenvalue weighted by atomic mass is 35.5. The number of carbonyl (C=O) groups excluding carboxylic acids is 2. The first-order valence-corrected chi connectivity index (χ1v) is 11.0. The van der Waals surface area contributed by atoms with Crippen LogP contribution in [0.4, 0.5) is 0 Å². The van der Waals surface area contributed by atoms with E-state index in [1.54, 1.807) is 42.7 Å². The molecule has 1 aromatic heterocycles. The Bertz CT molecular complexity index is 1030. The van der Waals surface area contributed by atoms with E-state index in [1.807, 2.05) is 11.9 Å². The molecule has 0 unspecified atom stereocenters. The molecule has 0 spiro atoms. The van der Waals surface area contributed by atoms with E-state index in [0.717, 1.165) is 31.5 Å². The molecule has 1 aromatic carbocycles.